The van der Waals surface area contributed by atoms with E-state index in [1.807, 2.05) is 59.5 Å². The SMILES string of the molecule is O=C(c1ccccc1Oc1ccccc1)N1CCN(c2ncccn2)CC1. The number of hydrogen-bond donors (Lipinski definition) is 0. The van der Waals surface area contributed by atoms with E-state index in [0.29, 0.717) is 49.2 Å². The van der Waals surface area contributed by atoms with Gasteiger partial charge >= 0.3 is 0 Å². The summed E-state index contributed by atoms with van der Waals surface area (Å²) >= 11 is 0. The summed E-state index contributed by atoms with van der Waals surface area (Å²) in [6.07, 6.45) is 3.47. The van der Waals surface area contributed by atoms with Crippen molar-refractivity contribution in [2.45, 2.75) is 0 Å². The van der Waals surface area contributed by atoms with Crippen molar-refractivity contribution in [3.8, 4) is 11.5 Å². The standard InChI is InChI=1S/C21H20N4O2/c26-20(24-13-15-25(16-14-24)21-22-11-6-12-23-21)18-9-4-5-10-19(18)27-17-7-2-1-3-8-17/h1-12H,13-16H2. The monoisotopic (exact) mass is 360 g/mol. The fourth-order valence-electron chi connectivity index (χ4n) is 3.08. The van der Waals surface area contributed by atoms with Crippen LogP contribution in [0.4, 0.5) is 5.95 Å². The molecule has 1 amide bonds. The molecule has 6 heteroatoms. The molecule has 2 heterocycles. The molecule has 0 atom stereocenters. The average Bonchev–Trinajstić information content (AvgIpc) is 2.75. The van der Waals surface area contributed by atoms with Crippen LogP contribution in [0.25, 0.3) is 0 Å². The Balaban J connectivity index is 1.46. The van der Waals surface area contributed by atoms with Gasteiger partial charge in [-0.1, -0.05) is 30.3 Å². The maximum Gasteiger partial charge on any atom is 0.257 e. The molecule has 0 N–H and O–H groups in total. The number of piperazine rings is 1. The lowest BCUT2D eigenvalue weighted by atomic mass is 10.1. The molecule has 4 rings (SSSR count). The van der Waals surface area contributed by atoms with Crippen molar-refractivity contribution in [1.82, 2.24) is 14.9 Å². The zero-order chi connectivity index (χ0) is 18.5. The van der Waals surface area contributed by atoms with Crippen LogP contribution in [0.1, 0.15) is 10.4 Å². The average molecular weight is 360 g/mol. The summed E-state index contributed by atoms with van der Waals surface area (Å²) in [5.74, 6) is 1.97. The third kappa shape index (κ3) is 3.89. The molecule has 3 aromatic rings. The fraction of sp³-hybridized carbons (Fsp3) is 0.190. The van der Waals surface area contributed by atoms with Gasteiger partial charge < -0.3 is 14.5 Å². The number of benzene rings is 2. The summed E-state index contributed by atoms with van der Waals surface area (Å²) < 4.78 is 5.93. The summed E-state index contributed by atoms with van der Waals surface area (Å²) in [5.41, 5.74) is 0.575. The molecule has 27 heavy (non-hydrogen) atoms. The van der Waals surface area contributed by atoms with Gasteiger partial charge in [0.05, 0.1) is 5.56 Å². The van der Waals surface area contributed by atoms with Gasteiger partial charge in [0.2, 0.25) is 5.95 Å². The first-order chi connectivity index (χ1) is 13.3. The minimum Gasteiger partial charge on any atom is -0.457 e. The number of anilines is 1. The third-order valence-electron chi connectivity index (χ3n) is 4.49. The molecule has 1 aromatic heterocycles. The summed E-state index contributed by atoms with van der Waals surface area (Å²) in [5, 5.41) is 0. The Morgan fingerprint density at radius 3 is 2.22 bits per heavy atom. The Hall–Kier alpha value is -3.41. The van der Waals surface area contributed by atoms with Crippen LogP contribution in [0, 0.1) is 0 Å². The Kier molecular flexibility index (Phi) is 4.96. The quantitative estimate of drug-likeness (QED) is 0.715. The van der Waals surface area contributed by atoms with Gasteiger partial charge in [0.1, 0.15) is 11.5 Å². The number of ether oxygens (including phenoxy) is 1. The van der Waals surface area contributed by atoms with Gasteiger partial charge in [-0.2, -0.15) is 0 Å². The normalized spacial score (nSPS) is 14.1. The van der Waals surface area contributed by atoms with E-state index in [-0.39, 0.29) is 5.91 Å². The molecule has 0 aliphatic carbocycles. The highest BCUT2D eigenvalue weighted by Crippen LogP contribution is 2.26. The van der Waals surface area contributed by atoms with Crippen molar-refractivity contribution >= 4 is 11.9 Å². The smallest absolute Gasteiger partial charge is 0.257 e. The van der Waals surface area contributed by atoms with E-state index < -0.39 is 0 Å². The van der Waals surface area contributed by atoms with E-state index in [4.69, 9.17) is 4.74 Å². The van der Waals surface area contributed by atoms with Crippen molar-refractivity contribution in [2.75, 3.05) is 31.1 Å². The number of nitrogens with zero attached hydrogens (tertiary/aromatic N) is 4. The highest BCUT2D eigenvalue weighted by molar-refractivity contribution is 5.97. The van der Waals surface area contributed by atoms with Gasteiger partial charge in [-0.05, 0) is 30.3 Å². The van der Waals surface area contributed by atoms with Crippen molar-refractivity contribution in [3.63, 3.8) is 0 Å². The molecule has 1 aliphatic rings. The van der Waals surface area contributed by atoms with Crippen molar-refractivity contribution in [1.29, 1.82) is 0 Å². The van der Waals surface area contributed by atoms with Crippen LogP contribution in [0.15, 0.2) is 73.1 Å². The molecular weight excluding hydrogens is 340 g/mol. The number of amides is 1. The fourth-order valence-corrected chi connectivity index (χ4v) is 3.08. The molecule has 6 nitrogen and oxygen atoms in total. The van der Waals surface area contributed by atoms with Crippen molar-refractivity contribution in [3.05, 3.63) is 78.6 Å². The third-order valence-corrected chi connectivity index (χ3v) is 4.49. The van der Waals surface area contributed by atoms with Gasteiger partial charge in [0.25, 0.3) is 5.91 Å². The van der Waals surface area contributed by atoms with Crippen LogP contribution < -0.4 is 9.64 Å². The van der Waals surface area contributed by atoms with E-state index in [2.05, 4.69) is 14.9 Å². The number of aromatic nitrogens is 2. The maximum atomic E-state index is 13.1. The van der Waals surface area contributed by atoms with Gasteiger partial charge in [0.15, 0.2) is 0 Å². The zero-order valence-corrected chi connectivity index (χ0v) is 14.9. The van der Waals surface area contributed by atoms with E-state index in [1.54, 1.807) is 18.5 Å². The highest BCUT2D eigenvalue weighted by atomic mass is 16.5. The zero-order valence-electron chi connectivity index (χ0n) is 14.9. The van der Waals surface area contributed by atoms with E-state index in [1.165, 1.54) is 0 Å². The molecule has 2 aromatic carbocycles. The minimum atomic E-state index is -0.0184. The lowest BCUT2D eigenvalue weighted by Gasteiger charge is -2.34. The van der Waals surface area contributed by atoms with Crippen LogP contribution >= 0.6 is 0 Å². The molecule has 1 fully saturated rings. The van der Waals surface area contributed by atoms with Crippen LogP contribution in [-0.2, 0) is 0 Å². The largest absolute Gasteiger partial charge is 0.457 e. The molecule has 1 aliphatic heterocycles. The first-order valence-corrected chi connectivity index (χ1v) is 8.94. The Morgan fingerprint density at radius 2 is 1.48 bits per heavy atom. The van der Waals surface area contributed by atoms with Crippen LogP contribution in [0.5, 0.6) is 11.5 Å². The van der Waals surface area contributed by atoms with Crippen molar-refractivity contribution in [2.24, 2.45) is 0 Å². The van der Waals surface area contributed by atoms with Crippen LogP contribution in [0.2, 0.25) is 0 Å². The number of carbonyl (C=O) groups is 1. The van der Waals surface area contributed by atoms with E-state index >= 15 is 0 Å². The van der Waals surface area contributed by atoms with Gasteiger partial charge in [-0.3, -0.25) is 4.79 Å². The Labute approximate surface area is 158 Å². The lowest BCUT2D eigenvalue weighted by molar-refractivity contribution is 0.0743. The molecule has 0 unspecified atom stereocenters. The molecule has 0 radical (unpaired) electrons. The number of rotatable bonds is 4. The van der Waals surface area contributed by atoms with Gasteiger partial charge in [0, 0.05) is 38.6 Å². The molecule has 1 saturated heterocycles. The summed E-state index contributed by atoms with van der Waals surface area (Å²) in [7, 11) is 0. The van der Waals surface area contributed by atoms with E-state index in [9.17, 15) is 4.79 Å². The molecule has 136 valence electrons. The number of carbonyl (C=O) groups excluding carboxylic acids is 1. The van der Waals surface area contributed by atoms with Crippen LogP contribution in [0.3, 0.4) is 0 Å². The lowest BCUT2D eigenvalue weighted by Crippen LogP contribution is -2.49. The molecule has 0 bridgehead atoms. The molecular formula is C21H20N4O2. The second kappa shape index (κ2) is 7.86. The second-order valence-electron chi connectivity index (χ2n) is 6.24. The minimum absolute atomic E-state index is 0.0184. The van der Waals surface area contributed by atoms with Crippen LogP contribution in [-0.4, -0.2) is 47.0 Å². The Morgan fingerprint density at radius 1 is 0.815 bits per heavy atom. The second-order valence-corrected chi connectivity index (χ2v) is 6.24. The van der Waals surface area contributed by atoms with E-state index in [0.717, 1.165) is 0 Å². The first kappa shape index (κ1) is 17.0. The predicted molar refractivity (Wildman–Crippen MR) is 103 cm³/mol. The predicted octanol–water partition coefficient (Wildman–Crippen LogP) is 3.23. The number of para-hydroxylation sites is 2. The molecule has 0 spiro atoms. The van der Waals surface area contributed by atoms with Gasteiger partial charge in [-0.15, -0.1) is 0 Å². The highest BCUT2D eigenvalue weighted by Gasteiger charge is 2.25. The maximum absolute atomic E-state index is 13.1. The summed E-state index contributed by atoms with van der Waals surface area (Å²) in [6.45, 7) is 2.66. The first-order valence-electron chi connectivity index (χ1n) is 8.94. The molecule has 0 saturated carbocycles. The summed E-state index contributed by atoms with van der Waals surface area (Å²) in [4.78, 5) is 25.6. The summed E-state index contributed by atoms with van der Waals surface area (Å²) in [6, 6.07) is 18.7. The number of hydrogen-bond acceptors (Lipinski definition) is 5. The Bertz CT molecular complexity index is 894. The topological polar surface area (TPSA) is 58.6 Å². The van der Waals surface area contributed by atoms with Crippen molar-refractivity contribution < 1.29 is 9.53 Å². The van der Waals surface area contributed by atoms with Gasteiger partial charge in [-0.25, -0.2) is 9.97 Å².